The van der Waals surface area contributed by atoms with Gasteiger partial charge in [0.05, 0.1) is 0 Å². The van der Waals surface area contributed by atoms with Gasteiger partial charge in [-0.3, -0.25) is 0 Å². The number of fused-ring (bicyclic) bond motifs is 1. The van der Waals surface area contributed by atoms with Crippen LogP contribution in [-0.4, -0.2) is 39.1 Å². The molecule has 0 aromatic carbocycles. The maximum atomic E-state index is 6.00. The zero-order chi connectivity index (χ0) is 15.9. The number of aromatic nitrogens is 4. The van der Waals surface area contributed by atoms with Gasteiger partial charge in [-0.1, -0.05) is 31.5 Å². The van der Waals surface area contributed by atoms with Gasteiger partial charge in [-0.2, -0.15) is 0 Å². The smallest absolute Gasteiger partial charge is 0.224 e. The van der Waals surface area contributed by atoms with Crippen molar-refractivity contribution in [1.82, 2.24) is 25.0 Å². The third-order valence-corrected chi connectivity index (χ3v) is 3.57. The Hall–Kier alpha value is -2.11. The highest BCUT2D eigenvalue weighted by Crippen LogP contribution is 2.18. The summed E-state index contributed by atoms with van der Waals surface area (Å²) in [6, 6.07) is 3.71. The number of unbranched alkanes of at least 4 members (excludes halogenated alkanes) is 2. The van der Waals surface area contributed by atoms with Gasteiger partial charge in [-0.05, 0) is 42.2 Å². The molecule has 0 N–H and O–H groups in total. The van der Waals surface area contributed by atoms with Crippen LogP contribution in [0, 0.1) is 0 Å². The predicted molar refractivity (Wildman–Crippen MR) is 87.0 cm³/mol. The van der Waals surface area contributed by atoms with Gasteiger partial charge in [-0.15, -0.1) is 5.10 Å². The minimum atomic E-state index is 0.630. The Labute approximate surface area is 131 Å². The van der Waals surface area contributed by atoms with Gasteiger partial charge in [0, 0.05) is 20.3 Å². The van der Waals surface area contributed by atoms with Gasteiger partial charge in [0.1, 0.15) is 5.52 Å². The molecule has 0 spiro atoms. The van der Waals surface area contributed by atoms with E-state index in [1.54, 1.807) is 6.20 Å². The summed E-state index contributed by atoms with van der Waals surface area (Å²) < 4.78 is 0. The Bertz CT molecular complexity index is 632. The zero-order valence-corrected chi connectivity index (χ0v) is 13.9. The fraction of sp³-hybridized carbons (Fsp3) is 0.562. The molecule has 6 heteroatoms. The lowest BCUT2D eigenvalue weighted by Crippen LogP contribution is -2.25. The van der Waals surface area contributed by atoms with Crippen molar-refractivity contribution in [3.63, 3.8) is 0 Å². The van der Waals surface area contributed by atoms with Crippen LogP contribution >= 0.6 is 0 Å². The molecule has 2 heterocycles. The van der Waals surface area contributed by atoms with E-state index in [-0.39, 0.29) is 0 Å². The highest BCUT2D eigenvalue weighted by atomic mass is 16.7. The first-order valence-corrected chi connectivity index (χ1v) is 7.91. The van der Waals surface area contributed by atoms with E-state index in [4.69, 9.17) is 4.84 Å². The number of nitrogens with zero attached hydrogens (tertiary/aromatic N) is 5. The molecule has 0 fully saturated rings. The van der Waals surface area contributed by atoms with Crippen LogP contribution in [0.1, 0.15) is 46.0 Å². The molecule has 2 rings (SSSR count). The number of rotatable bonds is 8. The van der Waals surface area contributed by atoms with E-state index in [0.717, 1.165) is 24.2 Å². The van der Waals surface area contributed by atoms with Crippen LogP contribution in [0.15, 0.2) is 29.8 Å². The van der Waals surface area contributed by atoms with E-state index in [2.05, 4.69) is 29.1 Å². The average molecular weight is 303 g/mol. The molecular formula is C16H25N5O. The highest BCUT2D eigenvalue weighted by Gasteiger charge is 2.14. The van der Waals surface area contributed by atoms with Gasteiger partial charge in [0.2, 0.25) is 11.5 Å². The highest BCUT2D eigenvalue weighted by molar-refractivity contribution is 5.68. The molecule has 0 bridgehead atoms. The second kappa shape index (κ2) is 7.77. The number of hydrogen-bond donors (Lipinski definition) is 0. The maximum Gasteiger partial charge on any atom is 0.224 e. The summed E-state index contributed by atoms with van der Waals surface area (Å²) in [7, 11) is 3.97. The van der Waals surface area contributed by atoms with Crippen molar-refractivity contribution in [2.75, 3.05) is 14.1 Å². The molecule has 0 atom stereocenters. The van der Waals surface area contributed by atoms with Crippen LogP contribution < -0.4 is 4.84 Å². The van der Waals surface area contributed by atoms with E-state index in [1.807, 2.05) is 31.1 Å². The topological polar surface area (TPSA) is 56.1 Å². The van der Waals surface area contributed by atoms with Gasteiger partial charge in [0.15, 0.2) is 0 Å². The Balaban J connectivity index is 2.27. The van der Waals surface area contributed by atoms with Crippen LogP contribution in [0.2, 0.25) is 0 Å². The zero-order valence-electron chi connectivity index (χ0n) is 13.9. The molecule has 0 aliphatic rings. The van der Waals surface area contributed by atoms with Crippen molar-refractivity contribution >= 4 is 11.2 Å². The maximum absolute atomic E-state index is 6.00. The molecule has 0 amide bonds. The fourth-order valence-corrected chi connectivity index (χ4v) is 2.37. The summed E-state index contributed by atoms with van der Waals surface area (Å²) in [4.78, 5) is 13.7. The van der Waals surface area contributed by atoms with Crippen LogP contribution in [0.25, 0.3) is 11.2 Å². The minimum Gasteiger partial charge on any atom is -0.347 e. The fourth-order valence-electron chi connectivity index (χ4n) is 2.37. The molecule has 0 aliphatic heterocycles. The lowest BCUT2D eigenvalue weighted by Gasteiger charge is -2.20. The van der Waals surface area contributed by atoms with Gasteiger partial charge >= 0.3 is 0 Å². The number of pyridine rings is 1. The Morgan fingerprint density at radius 2 is 2.09 bits per heavy atom. The summed E-state index contributed by atoms with van der Waals surface area (Å²) in [5.74, 6) is 0.830. The van der Waals surface area contributed by atoms with E-state index >= 15 is 0 Å². The molecule has 22 heavy (non-hydrogen) atoms. The van der Waals surface area contributed by atoms with Gasteiger partial charge < -0.3 is 9.74 Å². The molecule has 2 aromatic heterocycles. The number of allylic oxidation sites excluding steroid dienone is 1. The Morgan fingerprint density at radius 1 is 1.27 bits per heavy atom. The van der Waals surface area contributed by atoms with Crippen molar-refractivity contribution < 1.29 is 4.84 Å². The summed E-state index contributed by atoms with van der Waals surface area (Å²) >= 11 is 0. The Kier molecular flexibility index (Phi) is 5.75. The van der Waals surface area contributed by atoms with Crippen LogP contribution in [0.4, 0.5) is 0 Å². The molecule has 0 saturated heterocycles. The van der Waals surface area contributed by atoms with Crippen molar-refractivity contribution in [1.29, 1.82) is 0 Å². The largest absolute Gasteiger partial charge is 0.347 e. The van der Waals surface area contributed by atoms with Crippen molar-refractivity contribution in [2.45, 2.75) is 46.0 Å². The third-order valence-electron chi connectivity index (χ3n) is 3.57. The predicted octanol–water partition coefficient (Wildman–Crippen LogP) is 3.02. The van der Waals surface area contributed by atoms with Crippen molar-refractivity contribution in [3.8, 4) is 0 Å². The number of hydrogen-bond acceptors (Lipinski definition) is 5. The standard InChI is InChI=1S/C16H25N5O/c1-5-7-8-10-13(6-2)16(20(3)4)22-21-15-14(18-19-21)11-9-12-17-15/h9,11-12H,5-8,10H2,1-4H3/b16-13+. The lowest BCUT2D eigenvalue weighted by molar-refractivity contribution is 0.0923. The Morgan fingerprint density at radius 3 is 2.77 bits per heavy atom. The second-order valence-electron chi connectivity index (χ2n) is 5.51. The van der Waals surface area contributed by atoms with Crippen LogP contribution in [-0.2, 0) is 0 Å². The van der Waals surface area contributed by atoms with Gasteiger partial charge in [0.25, 0.3) is 0 Å². The first-order chi connectivity index (χ1) is 10.7. The van der Waals surface area contributed by atoms with Gasteiger partial charge in [-0.25, -0.2) is 4.98 Å². The van der Waals surface area contributed by atoms with Crippen LogP contribution in [0.5, 0.6) is 0 Å². The van der Waals surface area contributed by atoms with E-state index in [9.17, 15) is 0 Å². The summed E-state index contributed by atoms with van der Waals surface area (Å²) in [5.41, 5.74) is 2.65. The molecule has 2 aromatic rings. The normalized spacial score (nSPS) is 12.4. The molecule has 0 saturated carbocycles. The van der Waals surface area contributed by atoms with E-state index < -0.39 is 0 Å². The minimum absolute atomic E-state index is 0.630. The van der Waals surface area contributed by atoms with E-state index in [0.29, 0.717) is 5.65 Å². The second-order valence-corrected chi connectivity index (χ2v) is 5.51. The monoisotopic (exact) mass is 303 g/mol. The molecular weight excluding hydrogens is 278 g/mol. The molecule has 0 unspecified atom stereocenters. The summed E-state index contributed by atoms with van der Waals surface area (Å²) in [6.07, 6.45) is 7.34. The van der Waals surface area contributed by atoms with Crippen molar-refractivity contribution in [3.05, 3.63) is 29.8 Å². The first-order valence-electron chi connectivity index (χ1n) is 7.91. The summed E-state index contributed by atoms with van der Waals surface area (Å²) in [5, 5.41) is 8.13. The van der Waals surface area contributed by atoms with Crippen LogP contribution in [0.3, 0.4) is 0 Å². The first kappa shape index (κ1) is 16.3. The van der Waals surface area contributed by atoms with Crippen molar-refractivity contribution in [2.24, 2.45) is 0 Å². The summed E-state index contributed by atoms with van der Waals surface area (Å²) in [6.45, 7) is 4.37. The molecule has 0 radical (unpaired) electrons. The molecule has 120 valence electrons. The molecule has 0 aliphatic carbocycles. The van der Waals surface area contributed by atoms with E-state index in [1.165, 1.54) is 29.7 Å². The lowest BCUT2D eigenvalue weighted by atomic mass is 10.1. The average Bonchev–Trinajstić information content (AvgIpc) is 2.93. The quantitative estimate of drug-likeness (QED) is 0.554. The SMILES string of the molecule is CCCCC/C(CC)=C(/On1nnc2cccnc21)N(C)C. The molecule has 6 nitrogen and oxygen atoms in total. The third kappa shape index (κ3) is 3.75.